The molecule has 1 atom stereocenters. The van der Waals surface area contributed by atoms with Crippen LogP contribution in [0.5, 0.6) is 0 Å². The number of benzene rings is 8. The molecule has 0 fully saturated rings. The lowest BCUT2D eigenvalue weighted by molar-refractivity contribution is 0.669. The van der Waals surface area contributed by atoms with Crippen molar-refractivity contribution in [3.8, 4) is 67.3 Å². The topological polar surface area (TPSA) is 38.9 Å². The van der Waals surface area contributed by atoms with Crippen LogP contribution in [0.25, 0.3) is 89.2 Å². The molecule has 2 heterocycles. The molecule has 0 N–H and O–H groups in total. The smallest absolute Gasteiger partial charge is 0.160 e. The van der Waals surface area contributed by atoms with Gasteiger partial charge in [-0.25, -0.2) is 9.97 Å². The van der Waals surface area contributed by atoms with Gasteiger partial charge in [-0.3, -0.25) is 0 Å². The highest BCUT2D eigenvalue weighted by atomic mass is 16.3. The summed E-state index contributed by atoms with van der Waals surface area (Å²) in [5.74, 6) is 0.687. The van der Waals surface area contributed by atoms with E-state index < -0.39 is 0 Å². The monoisotopic (exact) mass is 728 g/mol. The van der Waals surface area contributed by atoms with Crippen molar-refractivity contribution in [1.29, 1.82) is 0 Å². The number of hydrogen-bond donors (Lipinski definition) is 0. The predicted octanol–water partition coefficient (Wildman–Crippen LogP) is 14.0. The predicted molar refractivity (Wildman–Crippen MR) is 234 cm³/mol. The van der Waals surface area contributed by atoms with Gasteiger partial charge in [0.15, 0.2) is 5.82 Å². The maximum atomic E-state index is 6.26. The van der Waals surface area contributed by atoms with Gasteiger partial charge in [0.1, 0.15) is 11.2 Å². The number of aromatic nitrogens is 2. The molecule has 0 saturated carbocycles. The molecule has 268 valence electrons. The van der Waals surface area contributed by atoms with Crippen LogP contribution >= 0.6 is 0 Å². The molecule has 3 heteroatoms. The lowest BCUT2D eigenvalue weighted by Crippen LogP contribution is -2.22. The van der Waals surface area contributed by atoms with Crippen LogP contribution < -0.4 is 0 Å². The molecule has 0 aliphatic heterocycles. The van der Waals surface area contributed by atoms with E-state index in [0.717, 1.165) is 72.3 Å². The molecule has 0 saturated heterocycles. The zero-order chi connectivity index (χ0) is 37.9. The SMILES string of the molecule is CC1(c2ccccc2)c2ccccc2-c2ccc(-c3ccccc3-c3cc(-c4cccc(-c5cccc6oc7ccccc7c56)c4)nc(-c4ccccc4)n3)cc21. The first-order valence-corrected chi connectivity index (χ1v) is 19.5. The Kier molecular flexibility index (Phi) is 7.61. The van der Waals surface area contributed by atoms with Gasteiger partial charge in [-0.1, -0.05) is 170 Å². The Morgan fingerprint density at radius 2 is 0.982 bits per heavy atom. The first-order chi connectivity index (χ1) is 28.1. The van der Waals surface area contributed by atoms with Crippen molar-refractivity contribution < 1.29 is 4.42 Å². The fourth-order valence-corrected chi connectivity index (χ4v) is 9.01. The Bertz CT molecular complexity index is 3140. The third-order valence-corrected chi connectivity index (χ3v) is 11.8. The van der Waals surface area contributed by atoms with Crippen LogP contribution in [0.3, 0.4) is 0 Å². The second-order valence-corrected chi connectivity index (χ2v) is 15.0. The average molecular weight is 729 g/mol. The Balaban J connectivity index is 1.07. The quantitative estimate of drug-likeness (QED) is 0.171. The molecule has 0 radical (unpaired) electrons. The Labute approximate surface area is 331 Å². The van der Waals surface area contributed by atoms with Crippen molar-refractivity contribution in [3.05, 3.63) is 217 Å². The summed E-state index contributed by atoms with van der Waals surface area (Å²) in [4.78, 5) is 10.5. The van der Waals surface area contributed by atoms with E-state index >= 15 is 0 Å². The summed E-state index contributed by atoms with van der Waals surface area (Å²) in [5, 5.41) is 2.23. The van der Waals surface area contributed by atoms with Crippen molar-refractivity contribution >= 4 is 21.9 Å². The molecule has 0 spiro atoms. The number of furan rings is 1. The Morgan fingerprint density at radius 1 is 0.386 bits per heavy atom. The third-order valence-electron chi connectivity index (χ3n) is 11.8. The molecule has 57 heavy (non-hydrogen) atoms. The van der Waals surface area contributed by atoms with Crippen molar-refractivity contribution in [2.75, 3.05) is 0 Å². The van der Waals surface area contributed by atoms with Crippen LogP contribution in [0.2, 0.25) is 0 Å². The van der Waals surface area contributed by atoms with Crippen LogP contribution in [-0.2, 0) is 5.41 Å². The minimum absolute atomic E-state index is 0.293. The summed E-state index contributed by atoms with van der Waals surface area (Å²) < 4.78 is 6.26. The maximum Gasteiger partial charge on any atom is 0.160 e. The second kappa shape index (κ2) is 13.1. The molecule has 1 unspecified atom stereocenters. The van der Waals surface area contributed by atoms with Crippen molar-refractivity contribution in [3.63, 3.8) is 0 Å². The summed E-state index contributed by atoms with van der Waals surface area (Å²) >= 11 is 0. The van der Waals surface area contributed by atoms with Gasteiger partial charge in [0.05, 0.1) is 11.4 Å². The van der Waals surface area contributed by atoms with E-state index in [1.807, 2.05) is 36.4 Å². The summed E-state index contributed by atoms with van der Waals surface area (Å²) in [7, 11) is 0. The standard InChI is InChI=1S/C54H36N2O/c1-54(39-20-6-3-7-21-39)46-27-12-10-23-42(46)43-31-30-37(33-47(43)54)40-22-8-9-24-44(40)49-34-48(55-53(56-49)35-16-4-2-5-17-35)38-19-14-18-36(32-38)41-26-15-29-51-52(41)45-25-11-13-28-50(45)57-51/h2-34H,1H3. The molecular weight excluding hydrogens is 693 g/mol. The fourth-order valence-electron chi connectivity index (χ4n) is 9.01. The maximum absolute atomic E-state index is 6.26. The van der Waals surface area contributed by atoms with Gasteiger partial charge in [-0.05, 0) is 87.3 Å². The van der Waals surface area contributed by atoms with Gasteiger partial charge in [-0.2, -0.15) is 0 Å². The van der Waals surface area contributed by atoms with E-state index in [1.54, 1.807) is 0 Å². The number of para-hydroxylation sites is 1. The van der Waals surface area contributed by atoms with Crippen molar-refractivity contribution in [2.24, 2.45) is 0 Å². The minimum Gasteiger partial charge on any atom is -0.456 e. The molecule has 3 nitrogen and oxygen atoms in total. The zero-order valence-electron chi connectivity index (χ0n) is 31.4. The van der Waals surface area contributed by atoms with E-state index in [2.05, 4.69) is 171 Å². The highest BCUT2D eigenvalue weighted by Crippen LogP contribution is 2.53. The van der Waals surface area contributed by atoms with Gasteiger partial charge in [0, 0.05) is 32.9 Å². The first-order valence-electron chi connectivity index (χ1n) is 19.5. The summed E-state index contributed by atoms with van der Waals surface area (Å²) in [5.41, 5.74) is 17.3. The van der Waals surface area contributed by atoms with Crippen LogP contribution in [0, 0.1) is 0 Å². The van der Waals surface area contributed by atoms with E-state index in [4.69, 9.17) is 14.4 Å². The molecule has 0 bridgehead atoms. The fraction of sp³-hybridized carbons (Fsp3) is 0.0370. The number of nitrogens with zero attached hydrogens (tertiary/aromatic N) is 2. The number of rotatable bonds is 6. The first kappa shape index (κ1) is 33.0. The molecule has 11 rings (SSSR count). The molecule has 10 aromatic rings. The van der Waals surface area contributed by atoms with Crippen LogP contribution in [0.15, 0.2) is 205 Å². The van der Waals surface area contributed by atoms with Gasteiger partial charge in [0.25, 0.3) is 0 Å². The van der Waals surface area contributed by atoms with Gasteiger partial charge in [0.2, 0.25) is 0 Å². The van der Waals surface area contributed by atoms with E-state index in [9.17, 15) is 0 Å². The van der Waals surface area contributed by atoms with E-state index in [0.29, 0.717) is 5.82 Å². The Hall–Kier alpha value is -7.36. The molecule has 1 aliphatic rings. The normalized spacial score (nSPS) is 14.5. The van der Waals surface area contributed by atoms with Crippen molar-refractivity contribution in [2.45, 2.75) is 12.3 Å². The van der Waals surface area contributed by atoms with Crippen LogP contribution in [-0.4, -0.2) is 9.97 Å². The number of fused-ring (bicyclic) bond motifs is 6. The minimum atomic E-state index is -0.293. The highest BCUT2D eigenvalue weighted by molar-refractivity contribution is 6.12. The second-order valence-electron chi connectivity index (χ2n) is 15.0. The van der Waals surface area contributed by atoms with Gasteiger partial charge in [-0.15, -0.1) is 0 Å². The zero-order valence-corrected chi connectivity index (χ0v) is 31.4. The largest absolute Gasteiger partial charge is 0.456 e. The molecule has 8 aromatic carbocycles. The van der Waals surface area contributed by atoms with E-state index in [-0.39, 0.29) is 5.41 Å². The van der Waals surface area contributed by atoms with Crippen molar-refractivity contribution in [1.82, 2.24) is 9.97 Å². The average Bonchev–Trinajstić information content (AvgIpc) is 3.80. The molecule has 2 aromatic heterocycles. The number of hydrogen-bond acceptors (Lipinski definition) is 3. The van der Waals surface area contributed by atoms with Gasteiger partial charge >= 0.3 is 0 Å². The molecule has 0 amide bonds. The summed E-state index contributed by atoms with van der Waals surface area (Å²) in [6.45, 7) is 2.37. The Morgan fingerprint density at radius 3 is 1.84 bits per heavy atom. The summed E-state index contributed by atoms with van der Waals surface area (Å²) in [6, 6.07) is 71.1. The van der Waals surface area contributed by atoms with E-state index in [1.165, 1.54) is 27.8 Å². The molecule has 1 aliphatic carbocycles. The van der Waals surface area contributed by atoms with Crippen LogP contribution in [0.1, 0.15) is 23.6 Å². The lowest BCUT2D eigenvalue weighted by atomic mass is 9.74. The third kappa shape index (κ3) is 5.35. The highest BCUT2D eigenvalue weighted by Gasteiger charge is 2.40. The van der Waals surface area contributed by atoms with Crippen LogP contribution in [0.4, 0.5) is 0 Å². The molecular formula is C54H36N2O. The lowest BCUT2D eigenvalue weighted by Gasteiger charge is -2.28. The van der Waals surface area contributed by atoms with Gasteiger partial charge < -0.3 is 4.42 Å². The summed E-state index contributed by atoms with van der Waals surface area (Å²) in [6.07, 6.45) is 0.